The van der Waals surface area contributed by atoms with Crippen LogP contribution in [0.15, 0.2) is 41.1 Å². The molecule has 1 heterocycles. The van der Waals surface area contributed by atoms with E-state index in [9.17, 15) is 76.8 Å². The van der Waals surface area contributed by atoms with Crippen molar-refractivity contribution in [1.82, 2.24) is 5.32 Å². The van der Waals surface area contributed by atoms with Crippen molar-refractivity contribution in [1.29, 1.82) is 0 Å². The highest BCUT2D eigenvalue weighted by Crippen LogP contribution is 2.60. The van der Waals surface area contributed by atoms with Crippen molar-refractivity contribution in [2.24, 2.45) is 0 Å². The van der Waals surface area contributed by atoms with Gasteiger partial charge in [0.15, 0.2) is 0 Å². The maximum Gasteiger partial charge on any atom is 0.513 e. The minimum atomic E-state index is -8.06. The molecule has 1 aromatic carbocycles. The molecular weight excluding hydrogens is 739 g/mol. The summed E-state index contributed by atoms with van der Waals surface area (Å²) in [5.74, 6) is -40.5. The van der Waals surface area contributed by atoms with Crippen molar-refractivity contribution in [2.75, 3.05) is 13.7 Å². The Morgan fingerprint density at radius 1 is 0.837 bits per heavy atom. The van der Waals surface area contributed by atoms with Gasteiger partial charge in [0, 0.05) is 12.5 Å². The number of nitro groups is 1. The van der Waals surface area contributed by atoms with Crippen molar-refractivity contribution in [2.45, 2.75) is 68.4 Å². The lowest BCUT2D eigenvalue weighted by Crippen LogP contribution is -2.70. The molecule has 24 heteroatoms. The molecule has 1 unspecified atom stereocenters. The van der Waals surface area contributed by atoms with Gasteiger partial charge in [0.25, 0.3) is 5.69 Å². The molecule has 1 N–H and O–H groups in total. The third kappa shape index (κ3) is 7.54. The zero-order valence-corrected chi connectivity index (χ0v) is 25.2. The topological polar surface area (TPSA) is 126 Å². The summed E-state index contributed by atoms with van der Waals surface area (Å²) in [6, 6.07) is 3.25. The number of ether oxygens (including phenoxy) is 4. The first-order valence-corrected chi connectivity index (χ1v) is 13.2. The number of nitrogens with zero attached hydrogens (tertiary/aromatic N) is 1. The molecule has 0 radical (unpaired) electrons. The minimum Gasteiger partial charge on any atom is -0.437 e. The zero-order valence-electron chi connectivity index (χ0n) is 24.4. The second-order valence-corrected chi connectivity index (χ2v) is 10.2. The molecule has 1 atom stereocenters. The quantitative estimate of drug-likeness (QED) is 0.0732. The average molecular weight is 759 g/mol. The highest BCUT2D eigenvalue weighted by molar-refractivity contribution is 6.33. The Balaban J connectivity index is 2.30. The predicted octanol–water partition coefficient (Wildman–Crippen LogP) is 8.85. The van der Waals surface area contributed by atoms with Crippen LogP contribution in [0.3, 0.4) is 0 Å². The number of rotatable bonds is 12. The highest BCUT2D eigenvalue weighted by atomic mass is 35.5. The van der Waals surface area contributed by atoms with Crippen molar-refractivity contribution < 1.29 is 90.5 Å². The minimum absolute atomic E-state index is 0.0229. The number of halogens is 14. The van der Waals surface area contributed by atoms with Crippen LogP contribution in [0.5, 0.6) is 0 Å². The summed E-state index contributed by atoms with van der Waals surface area (Å²) >= 11 is 6.18. The number of hydrogen-bond donors (Lipinski definition) is 1. The third-order valence-electron chi connectivity index (χ3n) is 6.56. The van der Waals surface area contributed by atoms with Crippen LogP contribution >= 0.6 is 11.6 Å². The molecule has 1 aliphatic rings. The van der Waals surface area contributed by atoms with Gasteiger partial charge in [0.1, 0.15) is 22.5 Å². The van der Waals surface area contributed by atoms with Crippen LogP contribution in [-0.4, -0.2) is 66.7 Å². The summed E-state index contributed by atoms with van der Waals surface area (Å²) in [7, 11) is 0.892. The molecule has 49 heavy (non-hydrogen) atoms. The predicted molar refractivity (Wildman–Crippen MR) is 135 cm³/mol. The molecule has 276 valence electrons. The largest absolute Gasteiger partial charge is 0.513 e. The summed E-state index contributed by atoms with van der Waals surface area (Å²) in [5, 5.41) is 13.5. The molecule has 0 aliphatic carbocycles. The van der Waals surface area contributed by atoms with E-state index >= 15 is 0 Å². The average Bonchev–Trinajstić information content (AvgIpc) is 2.97. The second kappa shape index (κ2) is 14.0. The molecule has 0 saturated carbocycles. The number of alkyl halides is 13. The fraction of sp³-hybridized carbons (Fsp3) is 0.520. The van der Waals surface area contributed by atoms with Gasteiger partial charge >= 0.3 is 48.1 Å². The molecule has 2 rings (SSSR count). The number of carbonyl (C=O) groups excluding carboxylic acids is 2. The van der Waals surface area contributed by atoms with Crippen molar-refractivity contribution in [3.05, 3.63) is 61.8 Å². The smallest absolute Gasteiger partial charge is 0.437 e. The van der Waals surface area contributed by atoms with E-state index in [0.29, 0.717) is 0 Å². The number of allylic oxidation sites excluding steroid dienone is 2. The van der Waals surface area contributed by atoms with E-state index in [0.717, 1.165) is 25.3 Å². The molecule has 0 amide bonds. The fourth-order valence-electron chi connectivity index (χ4n) is 4.07. The number of nitrogens with one attached hydrogen (secondary N) is 1. The number of methoxy groups -OCH3 is 1. The Bertz CT molecular complexity index is 1530. The Morgan fingerprint density at radius 2 is 1.33 bits per heavy atom. The summed E-state index contributed by atoms with van der Waals surface area (Å²) in [5.41, 5.74) is -1.01. The monoisotopic (exact) mass is 758 g/mol. The van der Waals surface area contributed by atoms with Crippen molar-refractivity contribution in [3.63, 3.8) is 0 Å². The van der Waals surface area contributed by atoms with Crippen LogP contribution in [0.1, 0.15) is 38.2 Å². The van der Waals surface area contributed by atoms with E-state index in [1.54, 1.807) is 0 Å². The normalized spacial score (nSPS) is 16.6. The summed E-state index contributed by atoms with van der Waals surface area (Å²) < 4.78 is 192. The number of carbonyl (C=O) groups is 2. The van der Waals surface area contributed by atoms with Gasteiger partial charge in [-0.25, -0.2) is 9.59 Å². The first kappa shape index (κ1) is 41.0. The van der Waals surface area contributed by atoms with E-state index in [1.165, 1.54) is 13.8 Å². The number of dihydropyridines is 1. The Labute approximate surface area is 269 Å². The lowest BCUT2D eigenvalue weighted by atomic mass is 9.90. The Kier molecular flexibility index (Phi) is 11.7. The standard InChI is InChI=1S/C25H20ClF13N2O8/c1-10-16(48-18(42)46-3)14(12-6-4-7-13(15(12)26)41(44)45)17(11(2)40-10)49-19(43)47-9-5-8-20(27,28)21(29,30)22(31,32)23(33,34)24(35,36)25(37,38)39/h4,6-7,14,40H,5,8-9H2,1-3H3. The van der Waals surface area contributed by atoms with Crippen LogP contribution in [0.2, 0.25) is 5.02 Å². The van der Waals surface area contributed by atoms with Gasteiger partial charge in [-0.05, 0) is 25.8 Å². The van der Waals surface area contributed by atoms with Crippen LogP contribution in [0.25, 0.3) is 0 Å². The maximum atomic E-state index is 14.0. The second-order valence-electron chi connectivity index (χ2n) is 9.83. The molecule has 10 nitrogen and oxygen atoms in total. The first-order valence-electron chi connectivity index (χ1n) is 12.8. The lowest BCUT2D eigenvalue weighted by molar-refractivity contribution is -0.440. The van der Waals surface area contributed by atoms with Gasteiger partial charge in [-0.3, -0.25) is 10.1 Å². The van der Waals surface area contributed by atoms with Gasteiger partial charge in [-0.1, -0.05) is 23.7 Å². The van der Waals surface area contributed by atoms with Gasteiger partial charge in [-0.2, -0.15) is 57.1 Å². The van der Waals surface area contributed by atoms with E-state index in [-0.39, 0.29) is 17.0 Å². The maximum absolute atomic E-state index is 14.0. The Morgan fingerprint density at radius 3 is 1.80 bits per heavy atom. The van der Waals surface area contributed by atoms with E-state index < -0.39 is 101 Å². The van der Waals surface area contributed by atoms with Crippen LogP contribution < -0.4 is 5.32 Å². The first-order chi connectivity index (χ1) is 22.1. The van der Waals surface area contributed by atoms with Crippen LogP contribution in [-0.2, 0) is 18.9 Å². The zero-order chi connectivity index (χ0) is 38.1. The highest BCUT2D eigenvalue weighted by Gasteiger charge is 2.90. The lowest BCUT2D eigenvalue weighted by Gasteiger charge is -2.39. The number of nitro benzene ring substituents is 1. The molecule has 0 spiro atoms. The van der Waals surface area contributed by atoms with Crippen LogP contribution in [0.4, 0.5) is 72.4 Å². The number of benzene rings is 1. The number of hydrogen-bond acceptors (Lipinski definition) is 9. The van der Waals surface area contributed by atoms with E-state index in [1.807, 2.05) is 0 Å². The Hall–Kier alpha value is -4.18. The summed E-state index contributed by atoms with van der Waals surface area (Å²) in [4.78, 5) is 34.9. The fourth-order valence-corrected chi connectivity index (χ4v) is 4.37. The van der Waals surface area contributed by atoms with Gasteiger partial charge in [0.05, 0.1) is 30.0 Å². The molecule has 0 aromatic heterocycles. The van der Waals surface area contributed by atoms with Gasteiger partial charge in [0.2, 0.25) is 0 Å². The molecule has 0 saturated heterocycles. The molecule has 0 fully saturated rings. The SMILES string of the molecule is COC(=O)OC1=C(C)NC(C)=C(OC(=O)OCCCC(F)(F)C(F)(F)C(F)(F)C(F)(F)C(F)(F)C(F)(F)F)C1c1cccc([N+](=O)[O-])c1Cl. The third-order valence-corrected chi connectivity index (χ3v) is 6.97. The van der Waals surface area contributed by atoms with E-state index in [2.05, 4.69) is 14.8 Å². The summed E-state index contributed by atoms with van der Waals surface area (Å²) in [6.45, 7) is 1.07. The van der Waals surface area contributed by atoms with Crippen LogP contribution in [0, 0.1) is 10.1 Å². The molecular formula is C25H20ClF13N2O8. The van der Waals surface area contributed by atoms with Gasteiger partial charge in [-0.15, -0.1) is 0 Å². The van der Waals surface area contributed by atoms with Gasteiger partial charge < -0.3 is 24.3 Å². The molecule has 1 aromatic rings. The molecule has 0 bridgehead atoms. The van der Waals surface area contributed by atoms with Crippen molar-refractivity contribution >= 4 is 29.6 Å². The summed E-state index contributed by atoms with van der Waals surface area (Å²) in [6.07, 6.45) is -15.1. The molecule has 1 aliphatic heterocycles. The van der Waals surface area contributed by atoms with E-state index in [4.69, 9.17) is 21.1 Å². The van der Waals surface area contributed by atoms with Crippen molar-refractivity contribution in [3.8, 4) is 0 Å².